The number of carbonyl (C=O) groups excluding carboxylic acids is 2. The summed E-state index contributed by atoms with van der Waals surface area (Å²) in [4.78, 5) is 22.6. The van der Waals surface area contributed by atoms with Gasteiger partial charge in [0.25, 0.3) is 0 Å². The highest BCUT2D eigenvalue weighted by molar-refractivity contribution is 5.79. The van der Waals surface area contributed by atoms with Crippen LogP contribution in [0.5, 0.6) is 0 Å². The normalized spacial score (nSPS) is 11.9. The van der Waals surface area contributed by atoms with Crippen molar-refractivity contribution in [2.75, 3.05) is 0 Å². The van der Waals surface area contributed by atoms with Gasteiger partial charge in [-0.1, -0.05) is 36.8 Å². The number of rotatable bonds is 6. The zero-order valence-corrected chi connectivity index (χ0v) is 11.3. The van der Waals surface area contributed by atoms with Crippen LogP contribution in [0.3, 0.4) is 0 Å². The lowest BCUT2D eigenvalue weighted by atomic mass is 10.0. The van der Waals surface area contributed by atoms with Crippen molar-refractivity contribution in [1.29, 1.82) is 0 Å². The number of benzene rings is 1. The third kappa shape index (κ3) is 5.62. The van der Waals surface area contributed by atoms with Gasteiger partial charge >= 0.3 is 0 Å². The van der Waals surface area contributed by atoms with Crippen LogP contribution in [0.2, 0.25) is 0 Å². The van der Waals surface area contributed by atoms with Gasteiger partial charge in [-0.15, -0.1) is 0 Å². The largest absolute Gasteiger partial charge is 0.352 e. The average Bonchev–Trinajstić information content (AvgIpc) is 2.27. The molecule has 0 aliphatic carbocycles. The van der Waals surface area contributed by atoms with E-state index >= 15 is 0 Å². The van der Waals surface area contributed by atoms with E-state index in [9.17, 15) is 9.59 Å². The smallest absolute Gasteiger partial charge is 0.220 e. The number of hydrogen-bond donors (Lipinski definition) is 1. The Kier molecular flexibility index (Phi) is 5.56. The first-order valence-electron chi connectivity index (χ1n) is 6.29. The van der Waals surface area contributed by atoms with Gasteiger partial charge in [0.15, 0.2) is 0 Å². The van der Waals surface area contributed by atoms with E-state index in [-0.39, 0.29) is 17.6 Å². The molecule has 0 saturated carbocycles. The Balaban J connectivity index is 2.32. The summed E-state index contributed by atoms with van der Waals surface area (Å²) in [6.07, 6.45) is 0.878. The van der Waals surface area contributed by atoms with Crippen LogP contribution in [0, 0.1) is 12.8 Å². The molecule has 0 heterocycles. The fourth-order valence-corrected chi connectivity index (χ4v) is 1.86. The minimum atomic E-state index is 0.00400. The van der Waals surface area contributed by atoms with Gasteiger partial charge in [-0.25, -0.2) is 0 Å². The Hall–Kier alpha value is -1.64. The van der Waals surface area contributed by atoms with Gasteiger partial charge < -0.3 is 10.1 Å². The van der Waals surface area contributed by atoms with Crippen molar-refractivity contribution in [2.24, 2.45) is 5.92 Å². The van der Waals surface area contributed by atoms with Crippen LogP contribution in [0.4, 0.5) is 0 Å². The van der Waals surface area contributed by atoms with E-state index in [1.807, 2.05) is 38.1 Å². The maximum atomic E-state index is 11.7. The van der Waals surface area contributed by atoms with Crippen LogP contribution in [-0.4, -0.2) is 11.7 Å². The van der Waals surface area contributed by atoms with E-state index < -0.39 is 0 Å². The Morgan fingerprint density at radius 2 is 1.78 bits per heavy atom. The van der Waals surface area contributed by atoms with Crippen molar-refractivity contribution in [1.82, 2.24) is 5.32 Å². The van der Waals surface area contributed by atoms with Gasteiger partial charge in [0.1, 0.15) is 5.78 Å². The molecule has 0 aromatic heterocycles. The number of carbonyl (C=O) groups is 2. The van der Waals surface area contributed by atoms with Crippen molar-refractivity contribution in [3.05, 3.63) is 35.4 Å². The van der Waals surface area contributed by atoms with Crippen molar-refractivity contribution in [3.8, 4) is 0 Å². The molecule has 0 bridgehead atoms. The van der Waals surface area contributed by atoms with E-state index in [2.05, 4.69) is 5.32 Å². The predicted molar refractivity (Wildman–Crippen MR) is 72.1 cm³/mol. The Morgan fingerprint density at radius 3 is 2.33 bits per heavy atom. The highest BCUT2D eigenvalue weighted by Gasteiger charge is 2.10. The summed E-state index contributed by atoms with van der Waals surface area (Å²) in [5, 5.41) is 2.87. The van der Waals surface area contributed by atoms with E-state index in [4.69, 9.17) is 0 Å². The fraction of sp³-hybridized carbons (Fsp3) is 0.467. The molecule has 18 heavy (non-hydrogen) atoms. The molecule has 0 fully saturated rings. The van der Waals surface area contributed by atoms with E-state index in [1.165, 1.54) is 5.56 Å². The monoisotopic (exact) mass is 247 g/mol. The molecule has 0 aliphatic rings. The molecule has 0 radical (unpaired) electrons. The van der Waals surface area contributed by atoms with Crippen molar-refractivity contribution >= 4 is 11.7 Å². The molecular formula is C15H21NO2. The first kappa shape index (κ1) is 14.4. The molecule has 3 nitrogen and oxygen atoms in total. The summed E-state index contributed by atoms with van der Waals surface area (Å²) in [5.74, 6) is 0.249. The van der Waals surface area contributed by atoms with Crippen molar-refractivity contribution in [3.63, 3.8) is 0 Å². The zero-order valence-electron chi connectivity index (χ0n) is 11.3. The lowest BCUT2D eigenvalue weighted by molar-refractivity contribution is -0.122. The predicted octanol–water partition coefficient (Wildman–Crippen LogP) is 2.62. The molecule has 3 heteroatoms. The number of aryl methyl sites for hydroxylation is 1. The van der Waals surface area contributed by atoms with Gasteiger partial charge in [-0.2, -0.15) is 0 Å². The molecule has 1 atom stereocenters. The lowest BCUT2D eigenvalue weighted by Crippen LogP contribution is -2.25. The molecule has 0 aliphatic heterocycles. The molecule has 1 aromatic carbocycles. The van der Waals surface area contributed by atoms with Crippen LogP contribution in [0.1, 0.15) is 37.8 Å². The number of ketones is 1. The van der Waals surface area contributed by atoms with Crippen LogP contribution in [0.15, 0.2) is 24.3 Å². The van der Waals surface area contributed by atoms with Crippen LogP contribution < -0.4 is 5.32 Å². The number of Topliss-reactive ketones (excluding diaryl/α,β-unsaturated/α-hetero) is 1. The average molecular weight is 247 g/mol. The Morgan fingerprint density at radius 1 is 1.17 bits per heavy atom. The zero-order chi connectivity index (χ0) is 13.5. The summed E-state index contributed by atoms with van der Waals surface area (Å²) in [5.41, 5.74) is 2.30. The second-order valence-electron chi connectivity index (χ2n) is 4.98. The lowest BCUT2D eigenvalue weighted by Gasteiger charge is -2.10. The molecule has 1 N–H and O–H groups in total. The molecule has 1 aromatic rings. The maximum Gasteiger partial charge on any atom is 0.220 e. The first-order valence-corrected chi connectivity index (χ1v) is 6.29. The van der Waals surface area contributed by atoms with E-state index in [0.29, 0.717) is 19.4 Å². The van der Waals surface area contributed by atoms with Crippen molar-refractivity contribution in [2.45, 2.75) is 40.2 Å². The van der Waals surface area contributed by atoms with Crippen LogP contribution >= 0.6 is 0 Å². The van der Waals surface area contributed by atoms with Gasteiger partial charge in [0, 0.05) is 19.4 Å². The Labute approximate surface area is 109 Å². The number of nitrogens with one attached hydrogen (secondary N) is 1. The summed E-state index contributed by atoms with van der Waals surface area (Å²) in [7, 11) is 0. The van der Waals surface area contributed by atoms with Gasteiger partial charge in [0.05, 0.1) is 0 Å². The third-order valence-electron chi connectivity index (χ3n) is 2.78. The van der Waals surface area contributed by atoms with Crippen molar-refractivity contribution < 1.29 is 9.59 Å². The molecule has 0 spiro atoms. The quantitative estimate of drug-likeness (QED) is 0.840. The SMILES string of the molecule is CC(=O)CC(C)CC(=O)NCc1ccc(C)cc1. The van der Waals surface area contributed by atoms with Gasteiger partial charge in [-0.3, -0.25) is 4.79 Å². The topological polar surface area (TPSA) is 46.2 Å². The molecule has 98 valence electrons. The molecule has 0 saturated heterocycles. The van der Waals surface area contributed by atoms with Crippen LogP contribution in [-0.2, 0) is 16.1 Å². The summed E-state index contributed by atoms with van der Waals surface area (Å²) in [6.45, 7) is 6.06. The number of amides is 1. The van der Waals surface area contributed by atoms with Gasteiger partial charge in [0.2, 0.25) is 5.91 Å². The maximum absolute atomic E-state index is 11.7. The first-order chi connectivity index (χ1) is 8.47. The third-order valence-corrected chi connectivity index (χ3v) is 2.78. The summed E-state index contributed by atoms with van der Waals surface area (Å²) < 4.78 is 0. The molecular weight excluding hydrogens is 226 g/mol. The van der Waals surface area contributed by atoms with Gasteiger partial charge in [-0.05, 0) is 25.3 Å². The number of hydrogen-bond acceptors (Lipinski definition) is 2. The molecule has 1 unspecified atom stereocenters. The fourth-order valence-electron chi connectivity index (χ4n) is 1.86. The minimum Gasteiger partial charge on any atom is -0.352 e. The second-order valence-corrected chi connectivity index (χ2v) is 4.98. The minimum absolute atomic E-state index is 0.00400. The molecule has 1 rings (SSSR count). The summed E-state index contributed by atoms with van der Waals surface area (Å²) >= 11 is 0. The Bertz CT molecular complexity index is 409. The van der Waals surface area contributed by atoms with E-state index in [0.717, 1.165) is 5.56 Å². The highest BCUT2D eigenvalue weighted by atomic mass is 16.1. The standard InChI is InChI=1S/C15H21NO2/c1-11-4-6-14(7-5-11)10-16-15(18)9-12(2)8-13(3)17/h4-7,12H,8-10H2,1-3H3,(H,16,18). The summed E-state index contributed by atoms with van der Waals surface area (Å²) in [6, 6.07) is 8.07. The van der Waals surface area contributed by atoms with Crippen LogP contribution in [0.25, 0.3) is 0 Å². The van der Waals surface area contributed by atoms with E-state index in [1.54, 1.807) is 6.92 Å². The highest BCUT2D eigenvalue weighted by Crippen LogP contribution is 2.08. The second kappa shape index (κ2) is 6.94. The molecule has 1 amide bonds.